The Kier molecular flexibility index (Phi) is 4.60. The molecule has 28 heavy (non-hydrogen) atoms. The smallest absolute Gasteiger partial charge is 0.264 e. The van der Waals surface area contributed by atoms with Crippen LogP contribution in [0.2, 0.25) is 0 Å². The Hall–Kier alpha value is -2.85. The van der Waals surface area contributed by atoms with E-state index in [0.717, 1.165) is 11.7 Å². The highest BCUT2D eigenvalue weighted by Crippen LogP contribution is 2.27. The number of hydrogen-bond donors (Lipinski definition) is 1. The van der Waals surface area contributed by atoms with E-state index >= 15 is 0 Å². The molecule has 0 atom stereocenters. The van der Waals surface area contributed by atoms with Crippen molar-refractivity contribution in [2.75, 3.05) is 4.72 Å². The molecule has 2 aromatic heterocycles. The average molecular weight is 417 g/mol. The van der Waals surface area contributed by atoms with Crippen molar-refractivity contribution in [3.05, 3.63) is 65.2 Å². The molecule has 0 radical (unpaired) electrons. The number of nitrogens with one attached hydrogen (secondary N) is 1. The largest absolute Gasteiger partial charge is 0.276 e. The van der Waals surface area contributed by atoms with Crippen LogP contribution in [0.1, 0.15) is 17.0 Å². The van der Waals surface area contributed by atoms with Crippen LogP contribution in [0.25, 0.3) is 11.0 Å². The van der Waals surface area contributed by atoms with Crippen LogP contribution in [0, 0.1) is 19.7 Å². The average Bonchev–Trinajstić information content (AvgIpc) is 3.23. The van der Waals surface area contributed by atoms with E-state index in [-0.39, 0.29) is 17.3 Å². The van der Waals surface area contributed by atoms with Gasteiger partial charge < -0.3 is 0 Å². The predicted molar refractivity (Wildman–Crippen MR) is 105 cm³/mol. The SMILES string of the molecule is Cc1nn(Cc2ccccc2F)c(C)c1NS(=O)(=O)c1cccc2nsnc12. The number of anilines is 1. The van der Waals surface area contributed by atoms with Gasteiger partial charge in [0.05, 0.1) is 35.3 Å². The molecule has 4 rings (SSSR count). The van der Waals surface area contributed by atoms with Gasteiger partial charge in [-0.25, -0.2) is 12.8 Å². The number of fused-ring (bicyclic) bond motifs is 1. The zero-order valence-electron chi connectivity index (χ0n) is 15.0. The molecule has 10 heteroatoms. The minimum Gasteiger partial charge on any atom is -0.276 e. The number of nitrogens with zero attached hydrogens (tertiary/aromatic N) is 4. The van der Waals surface area contributed by atoms with E-state index in [1.165, 1.54) is 12.1 Å². The second-order valence-electron chi connectivity index (χ2n) is 6.29. The number of benzene rings is 2. The highest BCUT2D eigenvalue weighted by Gasteiger charge is 2.23. The van der Waals surface area contributed by atoms with Crippen LogP contribution in [0.5, 0.6) is 0 Å². The molecule has 2 aromatic carbocycles. The number of rotatable bonds is 5. The molecule has 0 saturated heterocycles. The third-order valence-corrected chi connectivity index (χ3v) is 6.36. The number of halogens is 1. The Labute approximate surface area is 165 Å². The maximum absolute atomic E-state index is 14.0. The van der Waals surface area contributed by atoms with Gasteiger partial charge in [-0.05, 0) is 32.0 Å². The summed E-state index contributed by atoms with van der Waals surface area (Å²) in [5, 5.41) is 4.37. The van der Waals surface area contributed by atoms with E-state index in [4.69, 9.17) is 0 Å². The lowest BCUT2D eigenvalue weighted by molar-refractivity contribution is 0.579. The first kappa shape index (κ1) is 18.5. The molecule has 4 aromatic rings. The molecule has 0 aliphatic heterocycles. The fourth-order valence-corrected chi connectivity index (χ4v) is 4.92. The Morgan fingerprint density at radius 3 is 2.68 bits per heavy atom. The van der Waals surface area contributed by atoms with Crippen molar-refractivity contribution in [3.8, 4) is 0 Å². The number of aryl methyl sites for hydroxylation is 1. The van der Waals surface area contributed by atoms with Crippen LogP contribution >= 0.6 is 11.7 Å². The first-order valence-corrected chi connectivity index (χ1v) is 10.6. The first-order valence-electron chi connectivity index (χ1n) is 8.38. The monoisotopic (exact) mass is 417 g/mol. The lowest BCUT2D eigenvalue weighted by atomic mass is 10.2. The predicted octanol–water partition coefficient (Wildman–Crippen LogP) is 3.49. The van der Waals surface area contributed by atoms with Crippen molar-refractivity contribution in [2.24, 2.45) is 0 Å². The Bertz CT molecular complexity index is 1280. The molecule has 2 heterocycles. The van der Waals surface area contributed by atoms with Crippen LogP contribution in [0.15, 0.2) is 47.4 Å². The van der Waals surface area contributed by atoms with Gasteiger partial charge in [-0.1, -0.05) is 24.3 Å². The molecule has 0 amide bonds. The number of sulfonamides is 1. The molecular formula is C18H16FN5O2S2. The number of aromatic nitrogens is 4. The maximum Gasteiger partial charge on any atom is 0.264 e. The van der Waals surface area contributed by atoms with E-state index in [1.54, 1.807) is 48.9 Å². The fourth-order valence-electron chi connectivity index (χ4n) is 2.97. The third-order valence-electron chi connectivity index (χ3n) is 4.43. The normalized spacial score (nSPS) is 11.8. The summed E-state index contributed by atoms with van der Waals surface area (Å²) in [7, 11) is -3.90. The summed E-state index contributed by atoms with van der Waals surface area (Å²) in [5.41, 5.74) is 2.79. The molecule has 0 spiro atoms. The molecule has 0 fully saturated rings. The molecule has 0 aliphatic carbocycles. The summed E-state index contributed by atoms with van der Waals surface area (Å²) in [6, 6.07) is 11.2. The van der Waals surface area contributed by atoms with Crippen LogP contribution in [0.4, 0.5) is 10.1 Å². The number of hydrogen-bond acceptors (Lipinski definition) is 6. The molecule has 1 N–H and O–H groups in total. The van der Waals surface area contributed by atoms with E-state index in [2.05, 4.69) is 18.6 Å². The van der Waals surface area contributed by atoms with Crippen LogP contribution < -0.4 is 4.72 Å². The van der Waals surface area contributed by atoms with Gasteiger partial charge in [-0.3, -0.25) is 9.40 Å². The summed E-state index contributed by atoms with van der Waals surface area (Å²) < 4.78 is 52.3. The summed E-state index contributed by atoms with van der Waals surface area (Å²) in [5.74, 6) is -0.333. The second-order valence-corrected chi connectivity index (χ2v) is 8.47. The molecule has 0 aliphatic rings. The van der Waals surface area contributed by atoms with Gasteiger partial charge in [0.2, 0.25) is 0 Å². The Morgan fingerprint density at radius 1 is 1.11 bits per heavy atom. The van der Waals surface area contributed by atoms with Gasteiger partial charge in [0.15, 0.2) is 0 Å². The zero-order valence-corrected chi connectivity index (χ0v) is 16.7. The van der Waals surface area contributed by atoms with Crippen LogP contribution in [-0.2, 0) is 16.6 Å². The topological polar surface area (TPSA) is 89.8 Å². The van der Waals surface area contributed by atoms with Crippen molar-refractivity contribution in [2.45, 2.75) is 25.3 Å². The quantitative estimate of drug-likeness (QED) is 0.537. The van der Waals surface area contributed by atoms with E-state index in [0.29, 0.717) is 33.7 Å². The summed E-state index contributed by atoms with van der Waals surface area (Å²) in [6.45, 7) is 3.64. The first-order chi connectivity index (χ1) is 13.4. The molecule has 0 unspecified atom stereocenters. The third kappa shape index (κ3) is 3.25. The van der Waals surface area contributed by atoms with Gasteiger partial charge in [0, 0.05) is 5.56 Å². The van der Waals surface area contributed by atoms with E-state index < -0.39 is 10.0 Å². The molecule has 0 bridgehead atoms. The van der Waals surface area contributed by atoms with E-state index in [9.17, 15) is 12.8 Å². The van der Waals surface area contributed by atoms with Gasteiger partial charge >= 0.3 is 0 Å². The van der Waals surface area contributed by atoms with E-state index in [1.807, 2.05) is 0 Å². The van der Waals surface area contributed by atoms with Crippen molar-refractivity contribution in [1.82, 2.24) is 18.5 Å². The molecule has 0 saturated carbocycles. The van der Waals surface area contributed by atoms with Crippen molar-refractivity contribution >= 4 is 38.5 Å². The van der Waals surface area contributed by atoms with Crippen LogP contribution in [-0.4, -0.2) is 26.9 Å². The summed E-state index contributed by atoms with van der Waals surface area (Å²) >= 11 is 0.958. The summed E-state index contributed by atoms with van der Waals surface area (Å²) in [4.78, 5) is 0.0550. The highest BCUT2D eigenvalue weighted by molar-refractivity contribution is 7.93. The molecular weight excluding hydrogens is 401 g/mol. The highest BCUT2D eigenvalue weighted by atomic mass is 32.2. The van der Waals surface area contributed by atoms with Gasteiger partial charge in [-0.15, -0.1) is 0 Å². The standard InChI is InChI=1S/C18H16FN5O2S2/c1-11-17(12(2)24(20-11)10-13-6-3-4-7-14(13)19)23-28(25,26)16-9-5-8-15-18(16)22-27-21-15/h3-9,23H,10H2,1-2H3. The minimum absolute atomic E-state index is 0.0550. The Morgan fingerprint density at radius 2 is 1.89 bits per heavy atom. The van der Waals surface area contributed by atoms with Gasteiger partial charge in [0.1, 0.15) is 21.7 Å². The van der Waals surface area contributed by atoms with Crippen LogP contribution in [0.3, 0.4) is 0 Å². The van der Waals surface area contributed by atoms with Crippen molar-refractivity contribution < 1.29 is 12.8 Å². The molecule has 144 valence electrons. The zero-order chi connectivity index (χ0) is 19.9. The van der Waals surface area contributed by atoms with Gasteiger partial charge in [-0.2, -0.15) is 13.8 Å². The molecule has 7 nitrogen and oxygen atoms in total. The van der Waals surface area contributed by atoms with Crippen molar-refractivity contribution in [1.29, 1.82) is 0 Å². The lowest BCUT2D eigenvalue weighted by Crippen LogP contribution is -2.15. The second kappa shape index (κ2) is 6.95. The lowest BCUT2D eigenvalue weighted by Gasteiger charge is -2.10. The Balaban J connectivity index is 1.70. The maximum atomic E-state index is 14.0. The minimum atomic E-state index is -3.90. The summed E-state index contributed by atoms with van der Waals surface area (Å²) in [6.07, 6.45) is 0. The van der Waals surface area contributed by atoms with Crippen molar-refractivity contribution in [3.63, 3.8) is 0 Å². The fraction of sp³-hybridized carbons (Fsp3) is 0.167. The van der Waals surface area contributed by atoms with Gasteiger partial charge in [0.25, 0.3) is 10.0 Å².